The Morgan fingerprint density at radius 3 is 2.72 bits per heavy atom. The summed E-state index contributed by atoms with van der Waals surface area (Å²) in [5.41, 5.74) is 2.50. The number of nitrogens with zero attached hydrogens (tertiary/aromatic N) is 1. The number of sulfonamides is 1. The molecule has 2 amide bonds. The van der Waals surface area contributed by atoms with Gasteiger partial charge in [0.2, 0.25) is 15.9 Å². The molecule has 29 heavy (non-hydrogen) atoms. The second-order valence-corrected chi connectivity index (χ2v) is 8.78. The van der Waals surface area contributed by atoms with Gasteiger partial charge in [-0.15, -0.1) is 0 Å². The van der Waals surface area contributed by atoms with Crippen molar-refractivity contribution in [2.24, 2.45) is 0 Å². The molecule has 0 spiro atoms. The van der Waals surface area contributed by atoms with Gasteiger partial charge >= 0.3 is 0 Å². The van der Waals surface area contributed by atoms with Crippen LogP contribution in [0.3, 0.4) is 0 Å². The second kappa shape index (κ2) is 8.22. The van der Waals surface area contributed by atoms with E-state index >= 15 is 0 Å². The maximum absolute atomic E-state index is 13.0. The highest BCUT2D eigenvalue weighted by Crippen LogP contribution is 2.33. The number of rotatable bonds is 6. The lowest BCUT2D eigenvalue weighted by molar-refractivity contribution is -0.118. The predicted octanol–water partition coefficient (Wildman–Crippen LogP) is 2.15. The number of hydrogen-bond acceptors (Lipinski definition) is 5. The van der Waals surface area contributed by atoms with Gasteiger partial charge in [-0.3, -0.25) is 9.59 Å². The third-order valence-electron chi connectivity index (χ3n) is 4.64. The number of anilines is 2. The van der Waals surface area contributed by atoms with Crippen molar-refractivity contribution >= 4 is 33.2 Å². The molecule has 2 aromatic carbocycles. The zero-order valence-corrected chi connectivity index (χ0v) is 17.3. The van der Waals surface area contributed by atoms with Crippen molar-refractivity contribution < 1.29 is 22.7 Å². The maximum Gasteiger partial charge on any atom is 0.262 e. The number of benzene rings is 2. The monoisotopic (exact) mass is 417 g/mol. The van der Waals surface area contributed by atoms with Crippen LogP contribution in [0.1, 0.15) is 18.1 Å². The Morgan fingerprint density at radius 1 is 1.28 bits per heavy atom. The van der Waals surface area contributed by atoms with E-state index in [9.17, 15) is 18.0 Å². The Morgan fingerprint density at radius 2 is 2.00 bits per heavy atom. The largest absolute Gasteiger partial charge is 0.482 e. The van der Waals surface area contributed by atoms with E-state index in [1.54, 1.807) is 19.1 Å². The maximum atomic E-state index is 13.0. The Labute approximate surface area is 169 Å². The molecule has 9 heteroatoms. The first-order chi connectivity index (χ1) is 13.7. The Balaban J connectivity index is 1.79. The van der Waals surface area contributed by atoms with Crippen LogP contribution in [0.2, 0.25) is 0 Å². The number of aryl methyl sites for hydroxylation is 2. The van der Waals surface area contributed by atoms with Gasteiger partial charge < -0.3 is 15.4 Å². The summed E-state index contributed by atoms with van der Waals surface area (Å²) in [5.74, 6) is -0.451. The van der Waals surface area contributed by atoms with E-state index in [-0.39, 0.29) is 29.7 Å². The van der Waals surface area contributed by atoms with Crippen LogP contribution in [0.25, 0.3) is 0 Å². The molecule has 0 saturated carbocycles. The van der Waals surface area contributed by atoms with Gasteiger partial charge in [0.1, 0.15) is 5.75 Å². The first-order valence-corrected chi connectivity index (χ1v) is 10.6. The highest BCUT2D eigenvalue weighted by molar-refractivity contribution is 7.89. The van der Waals surface area contributed by atoms with Crippen molar-refractivity contribution in [3.05, 3.63) is 47.5 Å². The molecular formula is C20H23N3O5S. The minimum atomic E-state index is -3.94. The van der Waals surface area contributed by atoms with Crippen LogP contribution in [0, 0.1) is 6.92 Å². The molecule has 1 aliphatic rings. The van der Waals surface area contributed by atoms with Crippen LogP contribution in [0.4, 0.5) is 11.4 Å². The van der Waals surface area contributed by atoms with Crippen LogP contribution in [-0.4, -0.2) is 44.7 Å². The molecule has 0 radical (unpaired) electrons. The first-order valence-electron chi connectivity index (χ1n) is 9.13. The third-order valence-corrected chi connectivity index (χ3v) is 6.58. The summed E-state index contributed by atoms with van der Waals surface area (Å²) < 4.78 is 32.3. The summed E-state index contributed by atoms with van der Waals surface area (Å²) in [6.07, 6.45) is 0.745. The van der Waals surface area contributed by atoms with Crippen LogP contribution in [0.5, 0.6) is 5.75 Å². The third kappa shape index (κ3) is 4.41. The van der Waals surface area contributed by atoms with E-state index in [1.807, 2.05) is 25.1 Å². The molecule has 1 heterocycles. The van der Waals surface area contributed by atoms with Crippen molar-refractivity contribution in [2.75, 3.05) is 30.8 Å². The Kier molecular flexibility index (Phi) is 5.90. The van der Waals surface area contributed by atoms with Gasteiger partial charge in [0.05, 0.1) is 17.1 Å². The number of nitrogens with one attached hydrogen (secondary N) is 2. The quantitative estimate of drug-likeness (QED) is 0.749. The summed E-state index contributed by atoms with van der Waals surface area (Å²) >= 11 is 0. The fourth-order valence-corrected chi connectivity index (χ4v) is 4.43. The standard InChI is InChI=1S/C20H23N3O5S/c1-4-14-7-5-6-8-15(14)21-19(24)11-23(3)29(26,27)18-10-17-16(9-13(18)2)22-20(25)12-28-17/h5-10H,4,11-12H2,1-3H3,(H,21,24)(H,22,25). The molecule has 2 aromatic rings. The van der Waals surface area contributed by atoms with Crippen molar-refractivity contribution in [1.82, 2.24) is 4.31 Å². The number of likely N-dealkylation sites (N-methyl/N-ethyl adjacent to an activating group) is 1. The molecule has 0 fully saturated rings. The minimum Gasteiger partial charge on any atom is -0.482 e. The number of amides is 2. The van der Waals surface area contributed by atoms with Crippen molar-refractivity contribution in [1.29, 1.82) is 0 Å². The molecule has 0 bridgehead atoms. The zero-order valence-electron chi connectivity index (χ0n) is 16.5. The molecule has 2 N–H and O–H groups in total. The van der Waals surface area contributed by atoms with Crippen molar-refractivity contribution in [2.45, 2.75) is 25.2 Å². The van der Waals surface area contributed by atoms with Crippen LogP contribution < -0.4 is 15.4 Å². The molecule has 3 rings (SSSR count). The van der Waals surface area contributed by atoms with E-state index < -0.39 is 15.9 Å². The molecule has 0 unspecified atom stereocenters. The van der Waals surface area contributed by atoms with Gasteiger partial charge in [0.25, 0.3) is 5.91 Å². The normalized spacial score (nSPS) is 13.4. The van der Waals surface area contributed by atoms with E-state index in [1.165, 1.54) is 13.1 Å². The number of hydrogen-bond donors (Lipinski definition) is 2. The number of carbonyl (C=O) groups excluding carboxylic acids is 2. The van der Waals surface area contributed by atoms with Gasteiger partial charge in [0, 0.05) is 18.8 Å². The molecule has 0 saturated heterocycles. The summed E-state index contributed by atoms with van der Waals surface area (Å²) in [7, 11) is -2.59. The number of ether oxygens (including phenoxy) is 1. The smallest absolute Gasteiger partial charge is 0.262 e. The SMILES string of the molecule is CCc1ccccc1NC(=O)CN(C)S(=O)(=O)c1cc2c(cc1C)NC(=O)CO2. The highest BCUT2D eigenvalue weighted by atomic mass is 32.2. The first kappa shape index (κ1) is 20.8. The topological polar surface area (TPSA) is 105 Å². The van der Waals surface area contributed by atoms with Crippen molar-refractivity contribution in [3.63, 3.8) is 0 Å². The lowest BCUT2D eigenvalue weighted by Gasteiger charge is -2.22. The lowest BCUT2D eigenvalue weighted by Crippen LogP contribution is -2.35. The fraction of sp³-hybridized carbons (Fsp3) is 0.300. The molecule has 154 valence electrons. The van der Waals surface area contributed by atoms with Crippen LogP contribution in [0.15, 0.2) is 41.3 Å². The summed E-state index contributed by atoms with van der Waals surface area (Å²) in [6, 6.07) is 10.3. The average Bonchev–Trinajstić information content (AvgIpc) is 2.67. The van der Waals surface area contributed by atoms with Crippen LogP contribution >= 0.6 is 0 Å². The van der Waals surface area contributed by atoms with E-state index in [4.69, 9.17) is 4.74 Å². The lowest BCUT2D eigenvalue weighted by atomic mass is 10.1. The second-order valence-electron chi connectivity index (χ2n) is 6.77. The van der Waals surface area contributed by atoms with Gasteiger partial charge in [-0.05, 0) is 36.6 Å². The summed E-state index contributed by atoms with van der Waals surface area (Å²) in [4.78, 5) is 23.9. The molecule has 0 aliphatic carbocycles. The van der Waals surface area contributed by atoms with E-state index in [0.29, 0.717) is 16.9 Å². The molecule has 0 atom stereocenters. The average molecular weight is 417 g/mol. The molecule has 0 aromatic heterocycles. The Hall–Kier alpha value is -2.91. The fourth-order valence-electron chi connectivity index (χ4n) is 3.09. The van der Waals surface area contributed by atoms with E-state index in [2.05, 4.69) is 10.6 Å². The molecular weight excluding hydrogens is 394 g/mol. The van der Waals surface area contributed by atoms with Crippen LogP contribution in [-0.2, 0) is 26.0 Å². The Bertz CT molecular complexity index is 1070. The van der Waals surface area contributed by atoms with Gasteiger partial charge in [-0.25, -0.2) is 8.42 Å². The summed E-state index contributed by atoms with van der Waals surface area (Å²) in [5, 5.41) is 5.41. The molecule has 8 nitrogen and oxygen atoms in total. The number of para-hydroxylation sites is 1. The minimum absolute atomic E-state index is 0.0247. The number of carbonyl (C=O) groups is 2. The van der Waals surface area contributed by atoms with Gasteiger partial charge in [-0.1, -0.05) is 25.1 Å². The summed E-state index contributed by atoms with van der Waals surface area (Å²) in [6.45, 7) is 3.09. The predicted molar refractivity (Wildman–Crippen MR) is 110 cm³/mol. The number of fused-ring (bicyclic) bond motifs is 1. The van der Waals surface area contributed by atoms with Gasteiger partial charge in [-0.2, -0.15) is 4.31 Å². The van der Waals surface area contributed by atoms with Gasteiger partial charge in [0.15, 0.2) is 6.61 Å². The van der Waals surface area contributed by atoms with Crippen molar-refractivity contribution in [3.8, 4) is 5.75 Å². The molecule has 1 aliphatic heterocycles. The van der Waals surface area contributed by atoms with E-state index in [0.717, 1.165) is 16.3 Å². The zero-order chi connectivity index (χ0) is 21.2. The highest BCUT2D eigenvalue weighted by Gasteiger charge is 2.28.